The standard InChI is InChI=1S/C33H33F4N2O2/c1-32(2)26-8-4-5-9-28(26)39(29(32)17-13-22-12-16-27-25(19-22)7-6-18-38(27)3)20-23-10-14-24(15-11-23)30(40)41-21-33(36,37)31(34)35/h4-5,8-17,19,31H,6-7,18,20-21H2,1-3H3/q+1. The summed E-state index contributed by atoms with van der Waals surface area (Å²) in [4.78, 5) is 14.5. The van der Waals surface area contributed by atoms with Crippen LogP contribution >= 0.6 is 0 Å². The number of allylic oxidation sites excluding steroid dienone is 1. The first-order valence-electron chi connectivity index (χ1n) is 13.7. The number of para-hydroxylation sites is 1. The van der Waals surface area contributed by atoms with Gasteiger partial charge in [-0.25, -0.2) is 13.6 Å². The number of carbonyl (C=O) groups is 1. The summed E-state index contributed by atoms with van der Waals surface area (Å²) in [7, 11) is 2.13. The molecule has 0 spiro atoms. The molecule has 5 rings (SSSR count). The summed E-state index contributed by atoms with van der Waals surface area (Å²) in [5, 5.41) is 0. The monoisotopic (exact) mass is 565 g/mol. The molecule has 0 saturated heterocycles. The largest absolute Gasteiger partial charge is 0.455 e. The van der Waals surface area contributed by atoms with Crippen LogP contribution in [-0.2, 0) is 23.1 Å². The molecule has 0 saturated carbocycles. The van der Waals surface area contributed by atoms with E-state index in [0.29, 0.717) is 6.54 Å². The molecule has 41 heavy (non-hydrogen) atoms. The summed E-state index contributed by atoms with van der Waals surface area (Å²) < 4.78 is 57.8. The average molecular weight is 566 g/mol. The van der Waals surface area contributed by atoms with Gasteiger partial charge in [-0.3, -0.25) is 0 Å². The van der Waals surface area contributed by atoms with Crippen LogP contribution in [0.4, 0.5) is 28.9 Å². The fraction of sp³-hybridized carbons (Fsp3) is 0.333. The fourth-order valence-electron chi connectivity index (χ4n) is 5.63. The molecule has 214 valence electrons. The number of halogens is 4. The summed E-state index contributed by atoms with van der Waals surface area (Å²) in [6, 6.07) is 21.2. The maximum Gasteiger partial charge on any atom is 0.340 e. The van der Waals surface area contributed by atoms with E-state index in [4.69, 9.17) is 0 Å². The number of fused-ring (bicyclic) bond motifs is 2. The Hall–Kier alpha value is -3.94. The lowest BCUT2D eigenvalue weighted by atomic mass is 9.81. The highest BCUT2D eigenvalue weighted by atomic mass is 19.3. The molecular formula is C33H33F4N2O2+. The van der Waals surface area contributed by atoms with Gasteiger partial charge in [-0.15, -0.1) is 0 Å². The zero-order valence-corrected chi connectivity index (χ0v) is 23.3. The molecule has 0 aromatic heterocycles. The van der Waals surface area contributed by atoms with Crippen LogP contribution in [-0.4, -0.2) is 48.8 Å². The molecule has 0 N–H and O–H groups in total. The van der Waals surface area contributed by atoms with Crippen molar-refractivity contribution in [3.63, 3.8) is 0 Å². The molecule has 0 radical (unpaired) electrons. The van der Waals surface area contributed by atoms with Crippen LogP contribution < -0.4 is 4.90 Å². The third kappa shape index (κ3) is 5.78. The van der Waals surface area contributed by atoms with Crippen LogP contribution in [0.1, 0.15) is 52.9 Å². The van der Waals surface area contributed by atoms with Crippen molar-refractivity contribution in [1.82, 2.24) is 0 Å². The lowest BCUT2D eigenvalue weighted by Gasteiger charge is -2.27. The first-order valence-corrected chi connectivity index (χ1v) is 13.7. The predicted molar refractivity (Wildman–Crippen MR) is 153 cm³/mol. The van der Waals surface area contributed by atoms with Gasteiger partial charge in [-0.05, 0) is 68.2 Å². The van der Waals surface area contributed by atoms with E-state index in [9.17, 15) is 22.4 Å². The number of hydrogen-bond donors (Lipinski definition) is 0. The molecule has 2 aliphatic rings. The molecule has 0 aliphatic carbocycles. The first kappa shape index (κ1) is 28.6. The summed E-state index contributed by atoms with van der Waals surface area (Å²) in [6.07, 6.45) is 2.63. The molecule has 0 fully saturated rings. The van der Waals surface area contributed by atoms with E-state index < -0.39 is 24.9 Å². The lowest BCUT2D eigenvalue weighted by Crippen LogP contribution is -2.33. The van der Waals surface area contributed by atoms with Crippen molar-refractivity contribution < 1.29 is 31.7 Å². The van der Waals surface area contributed by atoms with Crippen molar-refractivity contribution in [2.45, 2.75) is 51.0 Å². The molecule has 0 atom stereocenters. The van der Waals surface area contributed by atoms with Gasteiger partial charge in [0.05, 0.1) is 11.0 Å². The predicted octanol–water partition coefficient (Wildman–Crippen LogP) is 7.42. The average Bonchev–Trinajstić information content (AvgIpc) is 3.16. The third-order valence-corrected chi connectivity index (χ3v) is 7.93. The van der Waals surface area contributed by atoms with Crippen molar-refractivity contribution in [3.05, 3.63) is 101 Å². The second-order valence-corrected chi connectivity index (χ2v) is 11.2. The minimum absolute atomic E-state index is 0.0168. The maximum absolute atomic E-state index is 13.2. The van der Waals surface area contributed by atoms with Crippen molar-refractivity contribution in [2.75, 3.05) is 25.1 Å². The van der Waals surface area contributed by atoms with Gasteiger partial charge in [-0.2, -0.15) is 13.4 Å². The smallest absolute Gasteiger partial charge is 0.340 e. The van der Waals surface area contributed by atoms with E-state index in [-0.39, 0.29) is 11.0 Å². The molecule has 2 heterocycles. The zero-order valence-electron chi connectivity index (χ0n) is 23.3. The Kier molecular flexibility index (Phi) is 7.77. The molecular weight excluding hydrogens is 532 g/mol. The van der Waals surface area contributed by atoms with Crippen LogP contribution in [0.2, 0.25) is 0 Å². The van der Waals surface area contributed by atoms with E-state index in [1.807, 2.05) is 12.1 Å². The Morgan fingerprint density at radius 3 is 2.54 bits per heavy atom. The molecule has 0 amide bonds. The summed E-state index contributed by atoms with van der Waals surface area (Å²) in [6.45, 7) is 4.30. The van der Waals surface area contributed by atoms with Crippen LogP contribution in [0.25, 0.3) is 6.08 Å². The number of aryl methyl sites for hydroxylation is 1. The Bertz CT molecular complexity index is 1510. The molecule has 0 unspecified atom stereocenters. The van der Waals surface area contributed by atoms with Gasteiger partial charge in [0.15, 0.2) is 18.9 Å². The van der Waals surface area contributed by atoms with Crippen molar-refractivity contribution >= 4 is 29.1 Å². The second-order valence-electron chi connectivity index (χ2n) is 11.2. The van der Waals surface area contributed by atoms with Gasteiger partial charge in [0.2, 0.25) is 5.69 Å². The van der Waals surface area contributed by atoms with Gasteiger partial charge >= 0.3 is 18.3 Å². The molecule has 0 bridgehead atoms. The zero-order chi connectivity index (χ0) is 29.4. The Morgan fingerprint density at radius 2 is 1.80 bits per heavy atom. The molecule has 3 aromatic carbocycles. The van der Waals surface area contributed by atoms with Gasteiger partial charge in [0.25, 0.3) is 0 Å². The Balaban J connectivity index is 1.41. The van der Waals surface area contributed by atoms with E-state index in [2.05, 4.69) is 77.6 Å². The van der Waals surface area contributed by atoms with E-state index in [1.54, 1.807) is 12.1 Å². The minimum atomic E-state index is -4.39. The fourth-order valence-corrected chi connectivity index (χ4v) is 5.63. The highest BCUT2D eigenvalue weighted by molar-refractivity contribution is 6.05. The van der Waals surface area contributed by atoms with Crippen LogP contribution in [0.3, 0.4) is 0 Å². The van der Waals surface area contributed by atoms with Crippen molar-refractivity contribution in [3.8, 4) is 0 Å². The first-order chi connectivity index (χ1) is 19.5. The third-order valence-electron chi connectivity index (χ3n) is 7.93. The van der Waals surface area contributed by atoms with Gasteiger partial charge in [-0.1, -0.05) is 36.4 Å². The van der Waals surface area contributed by atoms with Gasteiger partial charge < -0.3 is 9.64 Å². The molecule has 3 aromatic rings. The highest BCUT2D eigenvalue weighted by Gasteiger charge is 2.44. The number of esters is 1. The van der Waals surface area contributed by atoms with Crippen molar-refractivity contribution in [1.29, 1.82) is 0 Å². The quantitative estimate of drug-likeness (QED) is 0.162. The maximum atomic E-state index is 13.2. The number of alkyl halides is 4. The number of benzene rings is 3. The molecule has 2 aliphatic heterocycles. The number of nitrogens with zero attached hydrogens (tertiary/aromatic N) is 2. The number of rotatable bonds is 8. The second kappa shape index (κ2) is 11.1. The normalized spacial score (nSPS) is 16.3. The SMILES string of the molecule is CN1CCCc2cc(/C=C/C3=[N+](Cc4ccc(C(=O)OCC(F)(F)C(F)F)cc4)c4ccccc4C3(C)C)ccc21. The van der Waals surface area contributed by atoms with E-state index in [0.717, 1.165) is 41.9 Å². The number of carbonyl (C=O) groups excluding carboxylic acids is 1. The Labute approximate surface area is 237 Å². The van der Waals surface area contributed by atoms with Gasteiger partial charge in [0.1, 0.15) is 0 Å². The molecule has 4 nitrogen and oxygen atoms in total. The summed E-state index contributed by atoms with van der Waals surface area (Å²) in [5.74, 6) is -5.46. The Morgan fingerprint density at radius 1 is 1.07 bits per heavy atom. The lowest BCUT2D eigenvalue weighted by molar-refractivity contribution is -0.455. The van der Waals surface area contributed by atoms with Gasteiger partial charge in [0, 0.05) is 42.5 Å². The minimum Gasteiger partial charge on any atom is -0.455 e. The topological polar surface area (TPSA) is 32.5 Å². The van der Waals surface area contributed by atoms with Crippen LogP contribution in [0.15, 0.2) is 72.8 Å². The van der Waals surface area contributed by atoms with Crippen molar-refractivity contribution in [2.24, 2.45) is 0 Å². The van der Waals surface area contributed by atoms with Crippen LogP contribution in [0.5, 0.6) is 0 Å². The van der Waals surface area contributed by atoms with E-state index in [1.165, 1.54) is 28.9 Å². The number of hydrogen-bond acceptors (Lipinski definition) is 3. The molecule has 8 heteroatoms. The van der Waals surface area contributed by atoms with Crippen LogP contribution in [0, 0.1) is 0 Å². The highest BCUT2D eigenvalue weighted by Crippen LogP contribution is 2.41. The summed E-state index contributed by atoms with van der Waals surface area (Å²) in [5.41, 5.74) is 7.82. The summed E-state index contributed by atoms with van der Waals surface area (Å²) >= 11 is 0. The number of anilines is 1. The van der Waals surface area contributed by atoms with E-state index >= 15 is 0 Å². The number of ether oxygens (including phenoxy) is 1.